The first-order chi connectivity index (χ1) is 12.5. The van der Waals surface area contributed by atoms with Crippen molar-refractivity contribution in [1.82, 2.24) is 5.32 Å². The van der Waals surface area contributed by atoms with E-state index in [4.69, 9.17) is 4.74 Å². The Balaban J connectivity index is 1.49. The lowest BCUT2D eigenvalue weighted by Crippen LogP contribution is -2.56. The van der Waals surface area contributed by atoms with Crippen molar-refractivity contribution in [3.63, 3.8) is 0 Å². The number of piperidine rings is 1. The lowest BCUT2D eigenvalue weighted by Gasteiger charge is -2.59. The fourth-order valence-corrected chi connectivity index (χ4v) is 7.34. The van der Waals surface area contributed by atoms with Crippen LogP contribution in [0, 0.1) is 34.5 Å². The van der Waals surface area contributed by atoms with Gasteiger partial charge in [-0.2, -0.15) is 0 Å². The summed E-state index contributed by atoms with van der Waals surface area (Å²) in [7, 11) is 0. The van der Waals surface area contributed by atoms with Crippen molar-refractivity contribution in [3.05, 3.63) is 11.8 Å². The van der Waals surface area contributed by atoms with Crippen LogP contribution in [0.5, 0.6) is 0 Å². The van der Waals surface area contributed by atoms with Crippen LogP contribution in [0.2, 0.25) is 0 Å². The van der Waals surface area contributed by atoms with E-state index in [1.165, 1.54) is 50.6 Å². The molecule has 3 nitrogen and oxygen atoms in total. The summed E-state index contributed by atoms with van der Waals surface area (Å²) in [6.45, 7) is 7.33. The molecule has 2 unspecified atom stereocenters. The number of carbonyl (C=O) groups excluding carboxylic acids is 1. The fourth-order valence-electron chi connectivity index (χ4n) is 7.34. The summed E-state index contributed by atoms with van der Waals surface area (Å²) < 4.78 is 6.52. The molecule has 5 aliphatic rings. The van der Waals surface area contributed by atoms with Gasteiger partial charge in [-0.3, -0.25) is 4.79 Å². The number of amides is 1. The van der Waals surface area contributed by atoms with E-state index in [0.717, 1.165) is 24.2 Å². The molecule has 4 fully saturated rings. The van der Waals surface area contributed by atoms with E-state index in [-0.39, 0.29) is 11.3 Å². The summed E-state index contributed by atoms with van der Waals surface area (Å²) in [5.41, 5.74) is 1.81. The SMILES string of the molecule is CCC1C=C2NC(=O)CC[C@]2(C)[C@@H]2CC[C@]3(C)C(OC4CC4)CC[C@H]3[C@H]12. The van der Waals surface area contributed by atoms with E-state index in [2.05, 4.69) is 32.2 Å². The first-order valence-electron chi connectivity index (χ1n) is 11.1. The minimum absolute atomic E-state index is 0.182. The second-order valence-corrected chi connectivity index (χ2v) is 10.4. The average molecular weight is 358 g/mol. The predicted octanol–water partition coefficient (Wildman–Crippen LogP) is 4.82. The van der Waals surface area contributed by atoms with E-state index in [1.807, 2.05) is 0 Å². The number of hydrogen-bond acceptors (Lipinski definition) is 2. The van der Waals surface area contributed by atoms with Gasteiger partial charge >= 0.3 is 0 Å². The van der Waals surface area contributed by atoms with Crippen molar-refractivity contribution in [2.75, 3.05) is 0 Å². The zero-order valence-corrected chi connectivity index (χ0v) is 16.7. The first-order valence-corrected chi connectivity index (χ1v) is 11.1. The molecule has 0 aromatic carbocycles. The van der Waals surface area contributed by atoms with Gasteiger partial charge in [-0.15, -0.1) is 0 Å². The number of allylic oxidation sites excluding steroid dienone is 2. The van der Waals surface area contributed by atoms with Gasteiger partial charge in [0.2, 0.25) is 5.91 Å². The number of fused-ring (bicyclic) bond motifs is 5. The van der Waals surface area contributed by atoms with Crippen LogP contribution in [0.3, 0.4) is 0 Å². The molecule has 0 bridgehead atoms. The van der Waals surface area contributed by atoms with Crippen LogP contribution in [0.1, 0.15) is 78.6 Å². The number of rotatable bonds is 3. The standard InChI is InChI=1S/C23H35NO2/c1-4-14-13-18-22(2,12-10-20(25)24-18)17-9-11-23(3)16(21(14)17)7-8-19(23)26-15-5-6-15/h13-17,19,21H,4-12H2,1-3H3,(H,24,25)/t14?,16-,17+,19?,21-,22+,23-/m0/s1. The molecule has 0 spiro atoms. The third kappa shape index (κ3) is 2.38. The quantitative estimate of drug-likeness (QED) is 0.786. The third-order valence-corrected chi connectivity index (χ3v) is 9.05. The summed E-state index contributed by atoms with van der Waals surface area (Å²) in [4.78, 5) is 12.0. The van der Waals surface area contributed by atoms with Gasteiger partial charge in [0.25, 0.3) is 0 Å². The molecule has 7 atom stereocenters. The number of hydrogen-bond donors (Lipinski definition) is 1. The van der Waals surface area contributed by atoms with Gasteiger partial charge in [0.05, 0.1) is 12.2 Å². The summed E-state index contributed by atoms with van der Waals surface area (Å²) in [6.07, 6.45) is 14.2. The molecule has 1 saturated heterocycles. The van der Waals surface area contributed by atoms with Crippen LogP contribution < -0.4 is 5.32 Å². The van der Waals surface area contributed by atoms with Crippen LogP contribution in [0.4, 0.5) is 0 Å². The van der Waals surface area contributed by atoms with Crippen molar-refractivity contribution in [2.45, 2.75) is 90.8 Å². The maximum atomic E-state index is 12.0. The largest absolute Gasteiger partial charge is 0.374 e. The number of nitrogens with one attached hydrogen (secondary N) is 1. The maximum absolute atomic E-state index is 12.0. The minimum atomic E-state index is 0.182. The molecule has 3 heteroatoms. The molecule has 0 aromatic heterocycles. The Hall–Kier alpha value is -0.830. The monoisotopic (exact) mass is 357 g/mol. The molecule has 144 valence electrons. The average Bonchev–Trinajstić information content (AvgIpc) is 3.37. The van der Waals surface area contributed by atoms with E-state index in [0.29, 0.717) is 30.0 Å². The first kappa shape index (κ1) is 17.3. The highest BCUT2D eigenvalue weighted by molar-refractivity contribution is 5.79. The molecule has 4 aliphatic carbocycles. The Kier molecular flexibility index (Phi) is 3.88. The number of carbonyl (C=O) groups is 1. The van der Waals surface area contributed by atoms with Crippen LogP contribution in [0.25, 0.3) is 0 Å². The predicted molar refractivity (Wildman–Crippen MR) is 102 cm³/mol. The molecular formula is C23H35NO2. The van der Waals surface area contributed by atoms with Crippen LogP contribution >= 0.6 is 0 Å². The summed E-state index contributed by atoms with van der Waals surface area (Å²) in [5.74, 6) is 3.13. The lowest BCUT2D eigenvalue weighted by atomic mass is 9.47. The summed E-state index contributed by atoms with van der Waals surface area (Å²) in [5, 5.41) is 3.27. The van der Waals surface area contributed by atoms with Gasteiger partial charge < -0.3 is 10.1 Å². The molecule has 1 aliphatic heterocycles. The normalized spacial score (nSPS) is 50.3. The zero-order valence-electron chi connectivity index (χ0n) is 16.7. The van der Waals surface area contributed by atoms with Crippen LogP contribution in [-0.4, -0.2) is 18.1 Å². The van der Waals surface area contributed by atoms with E-state index < -0.39 is 0 Å². The van der Waals surface area contributed by atoms with E-state index in [1.54, 1.807) is 0 Å². The Morgan fingerprint density at radius 1 is 1.12 bits per heavy atom. The lowest BCUT2D eigenvalue weighted by molar-refractivity contribution is -0.128. The van der Waals surface area contributed by atoms with Gasteiger partial charge in [-0.1, -0.05) is 26.8 Å². The van der Waals surface area contributed by atoms with Gasteiger partial charge in [0.1, 0.15) is 0 Å². The van der Waals surface area contributed by atoms with Crippen molar-refractivity contribution >= 4 is 5.91 Å². The molecular weight excluding hydrogens is 322 g/mol. The molecule has 1 heterocycles. The van der Waals surface area contributed by atoms with Gasteiger partial charge in [0, 0.05) is 17.5 Å². The molecule has 3 saturated carbocycles. The molecule has 0 radical (unpaired) electrons. The number of ether oxygens (including phenoxy) is 1. The van der Waals surface area contributed by atoms with Crippen molar-refractivity contribution in [3.8, 4) is 0 Å². The fraction of sp³-hybridized carbons (Fsp3) is 0.870. The highest BCUT2D eigenvalue weighted by Gasteiger charge is 2.61. The minimum Gasteiger partial charge on any atom is -0.374 e. The topological polar surface area (TPSA) is 38.3 Å². The maximum Gasteiger partial charge on any atom is 0.224 e. The van der Waals surface area contributed by atoms with Gasteiger partial charge in [-0.25, -0.2) is 0 Å². The van der Waals surface area contributed by atoms with E-state index >= 15 is 0 Å². The summed E-state index contributed by atoms with van der Waals surface area (Å²) in [6, 6.07) is 0. The Labute approximate surface area is 158 Å². The zero-order chi connectivity index (χ0) is 18.1. The molecule has 1 amide bonds. The Bertz CT molecular complexity index is 638. The molecule has 26 heavy (non-hydrogen) atoms. The highest BCUT2D eigenvalue weighted by atomic mass is 16.5. The molecule has 1 N–H and O–H groups in total. The summed E-state index contributed by atoms with van der Waals surface area (Å²) >= 11 is 0. The molecule has 5 rings (SSSR count). The van der Waals surface area contributed by atoms with Crippen molar-refractivity contribution in [1.29, 1.82) is 0 Å². The van der Waals surface area contributed by atoms with Crippen molar-refractivity contribution < 1.29 is 9.53 Å². The molecule has 0 aromatic rings. The van der Waals surface area contributed by atoms with Gasteiger partial charge in [0.15, 0.2) is 0 Å². The third-order valence-electron chi connectivity index (χ3n) is 9.05. The Morgan fingerprint density at radius 3 is 2.65 bits per heavy atom. The van der Waals surface area contributed by atoms with Gasteiger partial charge in [-0.05, 0) is 80.5 Å². The van der Waals surface area contributed by atoms with Crippen molar-refractivity contribution in [2.24, 2.45) is 34.5 Å². The highest BCUT2D eigenvalue weighted by Crippen LogP contribution is 2.66. The van der Waals surface area contributed by atoms with E-state index in [9.17, 15) is 4.79 Å². The van der Waals surface area contributed by atoms with Crippen LogP contribution in [0.15, 0.2) is 11.8 Å². The second kappa shape index (κ2) is 5.83. The second-order valence-electron chi connectivity index (χ2n) is 10.4. The Morgan fingerprint density at radius 2 is 1.92 bits per heavy atom. The van der Waals surface area contributed by atoms with Crippen LogP contribution in [-0.2, 0) is 9.53 Å². The smallest absolute Gasteiger partial charge is 0.224 e.